The first-order valence-electron chi connectivity index (χ1n) is 10.1. The van der Waals surface area contributed by atoms with Crippen molar-refractivity contribution in [3.8, 4) is 0 Å². The number of hydrogen-bond acceptors (Lipinski definition) is 2. The number of likely N-dealkylation sites (tertiary alicyclic amines) is 1. The van der Waals surface area contributed by atoms with Gasteiger partial charge in [0.2, 0.25) is 0 Å². The highest BCUT2D eigenvalue weighted by atomic mass is 32.1. The maximum absolute atomic E-state index is 5.79. The second-order valence-corrected chi connectivity index (χ2v) is 9.06. The van der Waals surface area contributed by atoms with Crippen molar-refractivity contribution in [1.29, 1.82) is 0 Å². The first kappa shape index (κ1) is 20.3. The summed E-state index contributed by atoms with van der Waals surface area (Å²) in [6.45, 7) is 10.1. The summed E-state index contributed by atoms with van der Waals surface area (Å²) in [5.41, 5.74) is 3.69. The Kier molecular flexibility index (Phi) is 7.68. The third kappa shape index (κ3) is 6.30. The summed E-state index contributed by atoms with van der Waals surface area (Å²) in [6, 6.07) is 10.8. The molecule has 2 N–H and O–H groups in total. The molecule has 0 aliphatic carbocycles. The Labute approximate surface area is 173 Å². The monoisotopic (exact) mass is 402 g/mol. The van der Waals surface area contributed by atoms with Crippen molar-refractivity contribution < 1.29 is 4.90 Å². The minimum absolute atomic E-state index is 0.834. The first-order chi connectivity index (χ1) is 13.1. The van der Waals surface area contributed by atoms with Gasteiger partial charge in [-0.05, 0) is 80.0 Å². The Hall–Kier alpha value is -1.43. The Morgan fingerprint density at radius 2 is 1.96 bits per heavy atom. The van der Waals surface area contributed by atoms with E-state index in [9.17, 15) is 0 Å². The number of aryl methyl sites for hydroxylation is 2. The second kappa shape index (κ2) is 10.2. The van der Waals surface area contributed by atoms with Crippen molar-refractivity contribution in [1.82, 2.24) is 4.90 Å². The molecule has 0 radical (unpaired) electrons. The molecule has 27 heavy (non-hydrogen) atoms. The van der Waals surface area contributed by atoms with E-state index in [1.54, 1.807) is 16.2 Å². The number of hydrogen-bond donors (Lipinski definition) is 2. The molecule has 3 nitrogen and oxygen atoms in total. The van der Waals surface area contributed by atoms with E-state index in [0.29, 0.717) is 0 Å². The van der Waals surface area contributed by atoms with Crippen LogP contribution in [0.1, 0.15) is 41.7 Å². The molecule has 0 saturated carbocycles. The molecule has 1 aromatic heterocycles. The SMILES string of the molecule is Cc1ccc(NC(=S)N(CCC[NH+]2CCCCC2)Cc2cccs2)cc1C. The molecule has 5 heteroatoms. The van der Waals surface area contributed by atoms with Gasteiger partial charge in [0.05, 0.1) is 26.2 Å². The highest BCUT2D eigenvalue weighted by Gasteiger charge is 2.16. The molecule has 2 aromatic rings. The van der Waals surface area contributed by atoms with E-state index in [0.717, 1.165) is 23.9 Å². The van der Waals surface area contributed by atoms with Crippen LogP contribution in [0.4, 0.5) is 5.69 Å². The number of nitrogens with zero attached hydrogens (tertiary/aromatic N) is 1. The van der Waals surface area contributed by atoms with E-state index in [2.05, 4.69) is 59.8 Å². The van der Waals surface area contributed by atoms with Gasteiger partial charge in [0, 0.05) is 23.5 Å². The van der Waals surface area contributed by atoms with Crippen LogP contribution in [0.15, 0.2) is 35.7 Å². The van der Waals surface area contributed by atoms with Gasteiger partial charge in [-0.25, -0.2) is 0 Å². The number of benzene rings is 1. The Morgan fingerprint density at radius 1 is 1.15 bits per heavy atom. The fourth-order valence-electron chi connectivity index (χ4n) is 3.69. The highest BCUT2D eigenvalue weighted by Crippen LogP contribution is 2.17. The molecule has 0 atom stereocenters. The van der Waals surface area contributed by atoms with Gasteiger partial charge < -0.3 is 15.1 Å². The van der Waals surface area contributed by atoms with Crippen LogP contribution in [0.3, 0.4) is 0 Å². The van der Waals surface area contributed by atoms with Crippen molar-refractivity contribution >= 4 is 34.4 Å². The number of rotatable bonds is 7. The van der Waals surface area contributed by atoms with Crippen molar-refractivity contribution in [3.63, 3.8) is 0 Å². The van der Waals surface area contributed by atoms with Crippen LogP contribution < -0.4 is 10.2 Å². The number of quaternary nitrogens is 1. The molecular weight excluding hydrogens is 370 g/mol. The molecule has 146 valence electrons. The Balaban J connectivity index is 1.59. The number of nitrogens with one attached hydrogen (secondary N) is 2. The summed E-state index contributed by atoms with van der Waals surface area (Å²) in [5, 5.41) is 6.44. The van der Waals surface area contributed by atoms with E-state index < -0.39 is 0 Å². The first-order valence-corrected chi connectivity index (χ1v) is 11.4. The molecule has 1 fully saturated rings. The summed E-state index contributed by atoms with van der Waals surface area (Å²) < 4.78 is 0. The second-order valence-electron chi connectivity index (χ2n) is 7.64. The third-order valence-corrected chi connectivity index (χ3v) is 6.71. The lowest BCUT2D eigenvalue weighted by atomic mass is 10.1. The van der Waals surface area contributed by atoms with Gasteiger partial charge in [0.15, 0.2) is 5.11 Å². The molecule has 1 aliphatic rings. The smallest absolute Gasteiger partial charge is 0.173 e. The van der Waals surface area contributed by atoms with Crippen molar-refractivity contribution in [2.45, 2.75) is 46.1 Å². The lowest BCUT2D eigenvalue weighted by Crippen LogP contribution is -3.12. The molecule has 0 amide bonds. The summed E-state index contributed by atoms with van der Waals surface area (Å²) in [4.78, 5) is 5.47. The predicted molar refractivity (Wildman–Crippen MR) is 121 cm³/mol. The van der Waals surface area contributed by atoms with Crippen LogP contribution in [0, 0.1) is 13.8 Å². The van der Waals surface area contributed by atoms with Crippen LogP contribution in [0.25, 0.3) is 0 Å². The van der Waals surface area contributed by atoms with Crippen molar-refractivity contribution in [3.05, 3.63) is 51.7 Å². The van der Waals surface area contributed by atoms with Gasteiger partial charge in [0.25, 0.3) is 0 Å². The number of thiocarbonyl (C=S) groups is 1. The van der Waals surface area contributed by atoms with E-state index in [4.69, 9.17) is 12.2 Å². The predicted octanol–water partition coefficient (Wildman–Crippen LogP) is 4.02. The molecule has 1 aliphatic heterocycles. The van der Waals surface area contributed by atoms with Gasteiger partial charge in [-0.1, -0.05) is 12.1 Å². The van der Waals surface area contributed by atoms with Crippen molar-refractivity contribution in [2.24, 2.45) is 0 Å². The van der Waals surface area contributed by atoms with Crippen molar-refractivity contribution in [2.75, 3.05) is 31.5 Å². The fraction of sp³-hybridized carbons (Fsp3) is 0.500. The largest absolute Gasteiger partial charge is 0.344 e. The summed E-state index contributed by atoms with van der Waals surface area (Å²) in [6.07, 6.45) is 5.38. The quantitative estimate of drug-likeness (QED) is 0.683. The maximum Gasteiger partial charge on any atom is 0.173 e. The van der Waals surface area contributed by atoms with Crippen LogP contribution in [-0.2, 0) is 6.54 Å². The number of anilines is 1. The maximum atomic E-state index is 5.79. The minimum Gasteiger partial charge on any atom is -0.344 e. The lowest BCUT2D eigenvalue weighted by Gasteiger charge is -2.28. The number of piperidine rings is 1. The third-order valence-electron chi connectivity index (χ3n) is 5.49. The summed E-state index contributed by atoms with van der Waals surface area (Å²) in [7, 11) is 0. The van der Waals surface area contributed by atoms with Gasteiger partial charge in [-0.3, -0.25) is 0 Å². The minimum atomic E-state index is 0.834. The number of thiophene rings is 1. The molecule has 0 bridgehead atoms. The van der Waals surface area contributed by atoms with E-state index in [1.165, 1.54) is 61.3 Å². The zero-order chi connectivity index (χ0) is 19.1. The summed E-state index contributed by atoms with van der Waals surface area (Å²) in [5.74, 6) is 0. The van der Waals surface area contributed by atoms with E-state index in [1.807, 2.05) is 0 Å². The lowest BCUT2D eigenvalue weighted by molar-refractivity contribution is -0.905. The van der Waals surface area contributed by atoms with Gasteiger partial charge in [-0.15, -0.1) is 11.3 Å². The zero-order valence-electron chi connectivity index (χ0n) is 16.6. The molecule has 1 saturated heterocycles. The average Bonchev–Trinajstić information content (AvgIpc) is 3.18. The fourth-order valence-corrected chi connectivity index (χ4v) is 4.68. The normalized spacial score (nSPS) is 14.9. The van der Waals surface area contributed by atoms with Gasteiger partial charge in [-0.2, -0.15) is 0 Å². The van der Waals surface area contributed by atoms with Gasteiger partial charge in [0.1, 0.15) is 0 Å². The van der Waals surface area contributed by atoms with E-state index >= 15 is 0 Å². The molecule has 0 unspecified atom stereocenters. The van der Waals surface area contributed by atoms with Crippen LogP contribution in [0.2, 0.25) is 0 Å². The molecule has 1 aromatic carbocycles. The van der Waals surface area contributed by atoms with E-state index in [-0.39, 0.29) is 0 Å². The average molecular weight is 403 g/mol. The standard InChI is InChI=1S/C22H31N3S2/c1-18-9-10-20(16-19(18)2)23-22(26)25(17-21-8-6-15-27-21)14-7-13-24-11-4-3-5-12-24/h6,8-10,15-16H,3-5,7,11-14,17H2,1-2H3,(H,23,26)/p+1. The van der Waals surface area contributed by atoms with Crippen LogP contribution >= 0.6 is 23.6 Å². The molecule has 0 spiro atoms. The highest BCUT2D eigenvalue weighted by molar-refractivity contribution is 7.80. The van der Waals surface area contributed by atoms with Crippen LogP contribution in [-0.4, -0.2) is 36.2 Å². The molecular formula is C22H32N3S2+. The van der Waals surface area contributed by atoms with Gasteiger partial charge >= 0.3 is 0 Å². The Bertz CT molecular complexity index is 721. The summed E-state index contributed by atoms with van der Waals surface area (Å²) >= 11 is 7.60. The Morgan fingerprint density at radius 3 is 2.67 bits per heavy atom. The zero-order valence-corrected chi connectivity index (χ0v) is 18.2. The van der Waals surface area contributed by atoms with Crippen LogP contribution in [0.5, 0.6) is 0 Å². The topological polar surface area (TPSA) is 19.7 Å². The molecule has 2 heterocycles. The molecule has 3 rings (SSSR count).